The van der Waals surface area contributed by atoms with Crippen LogP contribution in [0.2, 0.25) is 0 Å². The predicted octanol–water partition coefficient (Wildman–Crippen LogP) is -0.0307. The molecule has 0 aromatic heterocycles. The fraction of sp³-hybridized carbons (Fsp3) is 0.750. The molecule has 0 bridgehead atoms. The number of likely N-dealkylation sites (N-methyl/N-ethyl adjacent to an activating group) is 1. The van der Waals surface area contributed by atoms with E-state index in [9.17, 15) is 14.4 Å². The number of aliphatic carboxylic acids is 1. The number of nitrogens with zero attached hydrogens (tertiary/aromatic N) is 2. The minimum atomic E-state index is -0.879. The van der Waals surface area contributed by atoms with Crippen molar-refractivity contribution in [1.29, 1.82) is 0 Å². The van der Waals surface area contributed by atoms with Gasteiger partial charge >= 0.3 is 12.0 Å². The van der Waals surface area contributed by atoms with Crippen LogP contribution in [-0.2, 0) is 9.59 Å². The Balaban J connectivity index is 2.45. The Morgan fingerprint density at radius 2 is 2.05 bits per heavy atom. The molecule has 7 nitrogen and oxygen atoms in total. The Bertz CT molecular complexity index is 370. The summed E-state index contributed by atoms with van der Waals surface area (Å²) in [4.78, 5) is 37.2. The van der Waals surface area contributed by atoms with Crippen molar-refractivity contribution in [3.63, 3.8) is 0 Å². The van der Waals surface area contributed by atoms with Crippen molar-refractivity contribution in [1.82, 2.24) is 15.1 Å². The topological polar surface area (TPSA) is 90.0 Å². The van der Waals surface area contributed by atoms with Crippen molar-refractivity contribution >= 4 is 17.9 Å². The highest BCUT2D eigenvalue weighted by molar-refractivity contribution is 5.84. The number of amides is 3. The van der Waals surface area contributed by atoms with Gasteiger partial charge in [0.15, 0.2) is 0 Å². The first-order valence-electron chi connectivity index (χ1n) is 6.33. The maximum absolute atomic E-state index is 12.0. The highest BCUT2D eigenvalue weighted by Gasteiger charge is 2.32. The Labute approximate surface area is 112 Å². The van der Waals surface area contributed by atoms with Crippen LogP contribution in [0.3, 0.4) is 0 Å². The fourth-order valence-corrected chi connectivity index (χ4v) is 2.03. The number of carboxylic acid groups (broad SMARTS) is 1. The average molecular weight is 271 g/mol. The third-order valence-corrected chi connectivity index (χ3v) is 2.97. The van der Waals surface area contributed by atoms with Crippen LogP contribution in [0.4, 0.5) is 4.79 Å². The van der Waals surface area contributed by atoms with E-state index in [1.807, 2.05) is 13.8 Å². The van der Waals surface area contributed by atoms with Gasteiger partial charge in [-0.3, -0.25) is 9.59 Å². The van der Waals surface area contributed by atoms with Gasteiger partial charge in [-0.15, -0.1) is 0 Å². The summed E-state index contributed by atoms with van der Waals surface area (Å²) in [5.74, 6) is -1.60. The SMILES string of the molecule is CC(C)NC(=O)CN(C)C(=O)N1CCC(C(=O)O)C1. The first-order valence-corrected chi connectivity index (χ1v) is 6.33. The highest BCUT2D eigenvalue weighted by atomic mass is 16.4. The van der Waals surface area contributed by atoms with Crippen LogP contribution < -0.4 is 5.32 Å². The molecule has 1 saturated heterocycles. The lowest BCUT2D eigenvalue weighted by Gasteiger charge is -2.24. The summed E-state index contributed by atoms with van der Waals surface area (Å²) >= 11 is 0. The van der Waals surface area contributed by atoms with Gasteiger partial charge in [-0.05, 0) is 20.3 Å². The predicted molar refractivity (Wildman–Crippen MR) is 68.6 cm³/mol. The zero-order valence-corrected chi connectivity index (χ0v) is 11.5. The lowest BCUT2D eigenvalue weighted by atomic mass is 10.1. The summed E-state index contributed by atoms with van der Waals surface area (Å²) in [7, 11) is 1.54. The van der Waals surface area contributed by atoms with Crippen molar-refractivity contribution in [2.45, 2.75) is 26.3 Å². The lowest BCUT2D eigenvalue weighted by molar-refractivity contribution is -0.141. The molecule has 108 valence electrons. The molecule has 1 aliphatic heterocycles. The Morgan fingerprint density at radius 1 is 1.42 bits per heavy atom. The number of nitrogens with one attached hydrogen (secondary N) is 1. The van der Waals surface area contributed by atoms with Crippen LogP contribution in [0.5, 0.6) is 0 Å². The standard InChI is InChI=1S/C12H21N3O4/c1-8(2)13-10(16)7-14(3)12(19)15-5-4-9(6-15)11(17)18/h8-9H,4-7H2,1-3H3,(H,13,16)(H,17,18). The third-order valence-electron chi connectivity index (χ3n) is 2.97. The van der Waals surface area contributed by atoms with Gasteiger partial charge in [0.1, 0.15) is 6.54 Å². The summed E-state index contributed by atoms with van der Waals surface area (Å²) in [6.07, 6.45) is 0.465. The molecule has 0 radical (unpaired) electrons. The van der Waals surface area contributed by atoms with E-state index in [2.05, 4.69) is 5.32 Å². The van der Waals surface area contributed by atoms with E-state index >= 15 is 0 Å². The van der Waals surface area contributed by atoms with Crippen molar-refractivity contribution < 1.29 is 19.5 Å². The van der Waals surface area contributed by atoms with Crippen molar-refractivity contribution in [3.05, 3.63) is 0 Å². The molecule has 1 aliphatic rings. The number of carbonyl (C=O) groups excluding carboxylic acids is 2. The van der Waals surface area contributed by atoms with E-state index in [-0.39, 0.29) is 31.1 Å². The zero-order valence-electron chi connectivity index (χ0n) is 11.5. The molecule has 7 heteroatoms. The highest BCUT2D eigenvalue weighted by Crippen LogP contribution is 2.17. The van der Waals surface area contributed by atoms with E-state index in [0.717, 1.165) is 0 Å². The average Bonchev–Trinajstić information content (AvgIpc) is 2.75. The molecule has 1 rings (SSSR count). The molecule has 1 unspecified atom stereocenters. The number of hydrogen-bond donors (Lipinski definition) is 2. The number of carbonyl (C=O) groups is 3. The normalized spacial score (nSPS) is 18.5. The van der Waals surface area contributed by atoms with Crippen LogP contribution >= 0.6 is 0 Å². The first-order chi connectivity index (χ1) is 8.81. The Morgan fingerprint density at radius 3 is 2.53 bits per heavy atom. The quantitative estimate of drug-likeness (QED) is 0.751. The van der Waals surface area contributed by atoms with Gasteiger partial charge in [0.2, 0.25) is 5.91 Å². The maximum Gasteiger partial charge on any atom is 0.320 e. The number of urea groups is 1. The van der Waals surface area contributed by atoms with E-state index in [0.29, 0.717) is 13.0 Å². The van der Waals surface area contributed by atoms with E-state index in [4.69, 9.17) is 5.11 Å². The smallest absolute Gasteiger partial charge is 0.320 e. The van der Waals surface area contributed by atoms with Crippen molar-refractivity contribution in [3.8, 4) is 0 Å². The number of hydrogen-bond acceptors (Lipinski definition) is 3. The van der Waals surface area contributed by atoms with Gasteiger partial charge < -0.3 is 20.2 Å². The molecule has 0 aliphatic carbocycles. The van der Waals surface area contributed by atoms with Crippen LogP contribution in [-0.4, -0.2) is 65.5 Å². The molecule has 19 heavy (non-hydrogen) atoms. The molecule has 0 aromatic rings. The molecule has 3 amide bonds. The lowest BCUT2D eigenvalue weighted by Crippen LogP contribution is -2.46. The van der Waals surface area contributed by atoms with Crippen molar-refractivity contribution in [2.24, 2.45) is 5.92 Å². The van der Waals surface area contributed by atoms with E-state index in [1.165, 1.54) is 16.8 Å². The van der Waals surface area contributed by atoms with Crippen LogP contribution in [0.15, 0.2) is 0 Å². The summed E-state index contributed by atoms with van der Waals surface area (Å²) in [6.45, 7) is 4.30. The second kappa shape index (κ2) is 6.40. The molecule has 0 saturated carbocycles. The number of rotatable bonds is 4. The van der Waals surface area contributed by atoms with Gasteiger partial charge in [0.05, 0.1) is 5.92 Å². The first kappa shape index (κ1) is 15.3. The maximum atomic E-state index is 12.0. The molecule has 1 heterocycles. The molecule has 1 atom stereocenters. The molecule has 0 aromatic carbocycles. The number of likely N-dealkylation sites (tertiary alicyclic amines) is 1. The van der Waals surface area contributed by atoms with Crippen LogP contribution in [0.1, 0.15) is 20.3 Å². The minimum Gasteiger partial charge on any atom is -0.481 e. The van der Waals surface area contributed by atoms with Gasteiger partial charge in [0, 0.05) is 26.2 Å². The number of carboxylic acids is 1. The van der Waals surface area contributed by atoms with Gasteiger partial charge in [-0.2, -0.15) is 0 Å². The Hall–Kier alpha value is -1.79. The molecular weight excluding hydrogens is 250 g/mol. The molecule has 0 spiro atoms. The minimum absolute atomic E-state index is 0.0226. The van der Waals surface area contributed by atoms with Gasteiger partial charge in [0.25, 0.3) is 0 Å². The fourth-order valence-electron chi connectivity index (χ4n) is 2.03. The Kier molecular flexibility index (Phi) is 5.14. The third kappa shape index (κ3) is 4.42. The van der Waals surface area contributed by atoms with Gasteiger partial charge in [-0.25, -0.2) is 4.79 Å². The van der Waals surface area contributed by atoms with Crippen LogP contribution in [0.25, 0.3) is 0 Å². The van der Waals surface area contributed by atoms with Gasteiger partial charge in [-0.1, -0.05) is 0 Å². The van der Waals surface area contributed by atoms with Crippen molar-refractivity contribution in [2.75, 3.05) is 26.7 Å². The summed E-state index contributed by atoms with van der Waals surface area (Å²) in [5.41, 5.74) is 0. The second-order valence-electron chi connectivity index (χ2n) is 5.13. The summed E-state index contributed by atoms with van der Waals surface area (Å²) in [6, 6.07) is -0.276. The molecule has 1 fully saturated rings. The zero-order chi connectivity index (χ0) is 14.6. The summed E-state index contributed by atoms with van der Waals surface area (Å²) in [5, 5.41) is 11.6. The van der Waals surface area contributed by atoms with Crippen LogP contribution in [0, 0.1) is 5.92 Å². The summed E-state index contributed by atoms with van der Waals surface area (Å²) < 4.78 is 0. The van der Waals surface area contributed by atoms with E-state index in [1.54, 1.807) is 0 Å². The molecular formula is C12H21N3O4. The monoisotopic (exact) mass is 271 g/mol. The largest absolute Gasteiger partial charge is 0.481 e. The molecule has 2 N–H and O–H groups in total. The van der Waals surface area contributed by atoms with E-state index < -0.39 is 11.9 Å². The second-order valence-corrected chi connectivity index (χ2v) is 5.13.